The van der Waals surface area contributed by atoms with Crippen molar-refractivity contribution >= 4 is 11.6 Å². The minimum absolute atomic E-state index is 0.00375. The van der Waals surface area contributed by atoms with E-state index in [9.17, 15) is 4.79 Å². The van der Waals surface area contributed by atoms with Gasteiger partial charge in [0.1, 0.15) is 5.75 Å². The largest absolute Gasteiger partial charge is 0.497 e. The molecule has 5 heteroatoms. The quantitative estimate of drug-likeness (QED) is 0.891. The van der Waals surface area contributed by atoms with E-state index < -0.39 is 0 Å². The Labute approximate surface area is 138 Å². The van der Waals surface area contributed by atoms with Crippen LogP contribution in [0.5, 0.6) is 5.75 Å². The van der Waals surface area contributed by atoms with Gasteiger partial charge in [0.2, 0.25) is 5.91 Å². The molecule has 23 heavy (non-hydrogen) atoms. The Morgan fingerprint density at radius 3 is 3.00 bits per heavy atom. The second kappa shape index (κ2) is 7.68. The summed E-state index contributed by atoms with van der Waals surface area (Å²) in [6.07, 6.45) is 5.43. The number of methoxy groups -OCH3 is 1. The molecule has 2 heterocycles. The molecular formula is C18H27N3O2. The van der Waals surface area contributed by atoms with E-state index in [0.717, 1.165) is 51.1 Å². The van der Waals surface area contributed by atoms with Gasteiger partial charge in [-0.25, -0.2) is 0 Å². The molecule has 0 saturated carbocycles. The van der Waals surface area contributed by atoms with Crippen molar-refractivity contribution in [1.29, 1.82) is 0 Å². The van der Waals surface area contributed by atoms with Gasteiger partial charge in [0.15, 0.2) is 0 Å². The zero-order valence-electron chi connectivity index (χ0n) is 13.9. The van der Waals surface area contributed by atoms with Gasteiger partial charge in [0, 0.05) is 30.9 Å². The van der Waals surface area contributed by atoms with E-state index in [4.69, 9.17) is 4.74 Å². The Morgan fingerprint density at radius 1 is 1.30 bits per heavy atom. The highest BCUT2D eigenvalue weighted by Crippen LogP contribution is 2.24. The molecule has 0 bridgehead atoms. The molecule has 1 amide bonds. The van der Waals surface area contributed by atoms with Crippen LogP contribution in [-0.4, -0.2) is 44.7 Å². The predicted molar refractivity (Wildman–Crippen MR) is 92.0 cm³/mol. The molecular weight excluding hydrogens is 290 g/mol. The zero-order valence-corrected chi connectivity index (χ0v) is 13.9. The Kier molecular flexibility index (Phi) is 5.39. The lowest BCUT2D eigenvalue weighted by Crippen LogP contribution is -2.54. The molecule has 2 N–H and O–H groups in total. The molecule has 0 aliphatic carbocycles. The van der Waals surface area contributed by atoms with Crippen molar-refractivity contribution in [1.82, 2.24) is 10.6 Å². The number of carbonyl (C=O) groups excluding carboxylic acids is 1. The Bertz CT molecular complexity index is 529. The van der Waals surface area contributed by atoms with Gasteiger partial charge in [-0.1, -0.05) is 12.5 Å². The summed E-state index contributed by atoms with van der Waals surface area (Å²) >= 11 is 0. The maximum atomic E-state index is 12.4. The summed E-state index contributed by atoms with van der Waals surface area (Å²) in [5, 5.41) is 6.57. The normalized spacial score (nSPS) is 25.0. The highest BCUT2D eigenvalue weighted by atomic mass is 16.5. The van der Waals surface area contributed by atoms with Crippen LogP contribution in [0.25, 0.3) is 0 Å². The maximum Gasteiger partial charge on any atom is 0.237 e. The predicted octanol–water partition coefficient (Wildman–Crippen LogP) is 1.92. The van der Waals surface area contributed by atoms with Gasteiger partial charge >= 0.3 is 0 Å². The second-order valence-electron chi connectivity index (χ2n) is 6.50. The van der Waals surface area contributed by atoms with E-state index >= 15 is 0 Å². The van der Waals surface area contributed by atoms with E-state index in [1.807, 2.05) is 12.1 Å². The van der Waals surface area contributed by atoms with Crippen molar-refractivity contribution < 1.29 is 9.53 Å². The fourth-order valence-corrected chi connectivity index (χ4v) is 3.51. The van der Waals surface area contributed by atoms with E-state index in [2.05, 4.69) is 27.7 Å². The lowest BCUT2D eigenvalue weighted by Gasteiger charge is -2.36. The number of hydrogen-bond donors (Lipinski definition) is 2. The van der Waals surface area contributed by atoms with Crippen LogP contribution in [0.3, 0.4) is 0 Å². The number of anilines is 1. The Morgan fingerprint density at radius 2 is 2.22 bits per heavy atom. The molecule has 2 saturated heterocycles. The first-order valence-corrected chi connectivity index (χ1v) is 8.69. The number of piperidine rings is 2. The second-order valence-corrected chi connectivity index (χ2v) is 6.50. The van der Waals surface area contributed by atoms with Crippen molar-refractivity contribution in [2.24, 2.45) is 0 Å². The van der Waals surface area contributed by atoms with Gasteiger partial charge in [0.05, 0.1) is 13.2 Å². The number of ether oxygens (including phenoxy) is 1. The van der Waals surface area contributed by atoms with E-state index in [1.54, 1.807) is 7.11 Å². The van der Waals surface area contributed by atoms with Gasteiger partial charge in [-0.2, -0.15) is 0 Å². The van der Waals surface area contributed by atoms with Gasteiger partial charge in [0.25, 0.3) is 0 Å². The van der Waals surface area contributed by atoms with Crippen molar-refractivity contribution in [3.8, 4) is 5.75 Å². The minimum atomic E-state index is -0.00375. The first-order valence-electron chi connectivity index (χ1n) is 8.69. The van der Waals surface area contributed by atoms with Crippen molar-refractivity contribution in [3.63, 3.8) is 0 Å². The molecule has 1 aromatic rings. The van der Waals surface area contributed by atoms with Crippen LogP contribution in [0.2, 0.25) is 0 Å². The SMILES string of the molecule is COc1cccc(N2CCCC(NC(=O)[C@H]3CCCCN3)C2)c1. The molecule has 126 valence electrons. The number of nitrogens with one attached hydrogen (secondary N) is 2. The number of benzene rings is 1. The molecule has 2 aliphatic heterocycles. The van der Waals surface area contributed by atoms with Crippen molar-refractivity contribution in [2.45, 2.75) is 44.2 Å². The summed E-state index contributed by atoms with van der Waals surface area (Å²) in [7, 11) is 1.69. The van der Waals surface area contributed by atoms with Crippen LogP contribution in [0.1, 0.15) is 32.1 Å². The molecule has 2 aliphatic rings. The molecule has 3 rings (SSSR count). The van der Waals surface area contributed by atoms with E-state index in [-0.39, 0.29) is 18.0 Å². The van der Waals surface area contributed by atoms with Crippen LogP contribution >= 0.6 is 0 Å². The molecule has 0 aromatic heterocycles. The van der Waals surface area contributed by atoms with Gasteiger partial charge in [-0.15, -0.1) is 0 Å². The maximum absolute atomic E-state index is 12.4. The average molecular weight is 317 g/mol. The molecule has 1 aromatic carbocycles. The molecule has 0 spiro atoms. The van der Waals surface area contributed by atoms with Gasteiger partial charge in [-0.05, 0) is 44.4 Å². The van der Waals surface area contributed by atoms with Crippen LogP contribution in [0, 0.1) is 0 Å². The fourth-order valence-electron chi connectivity index (χ4n) is 3.51. The topological polar surface area (TPSA) is 53.6 Å². The summed E-state index contributed by atoms with van der Waals surface area (Å²) in [4.78, 5) is 14.7. The fraction of sp³-hybridized carbons (Fsp3) is 0.611. The first kappa shape index (κ1) is 16.1. The van der Waals surface area contributed by atoms with Gasteiger partial charge < -0.3 is 20.3 Å². The summed E-state index contributed by atoms with van der Waals surface area (Å²) in [5.74, 6) is 1.04. The smallest absolute Gasteiger partial charge is 0.237 e. The van der Waals surface area contributed by atoms with Crippen molar-refractivity contribution in [3.05, 3.63) is 24.3 Å². The Balaban J connectivity index is 1.58. The monoisotopic (exact) mass is 317 g/mol. The molecule has 2 atom stereocenters. The van der Waals surface area contributed by atoms with Crippen LogP contribution in [-0.2, 0) is 4.79 Å². The third-order valence-corrected chi connectivity index (χ3v) is 4.81. The average Bonchev–Trinajstić information content (AvgIpc) is 2.63. The highest BCUT2D eigenvalue weighted by molar-refractivity contribution is 5.82. The summed E-state index contributed by atoms with van der Waals surface area (Å²) < 4.78 is 5.31. The van der Waals surface area contributed by atoms with E-state index in [0.29, 0.717) is 0 Å². The van der Waals surface area contributed by atoms with Crippen LogP contribution in [0.15, 0.2) is 24.3 Å². The van der Waals surface area contributed by atoms with Crippen LogP contribution < -0.4 is 20.3 Å². The number of rotatable bonds is 4. The minimum Gasteiger partial charge on any atom is -0.497 e. The first-order chi connectivity index (χ1) is 11.3. The summed E-state index contributed by atoms with van der Waals surface area (Å²) in [5.41, 5.74) is 1.17. The number of amides is 1. The number of nitrogens with zero attached hydrogens (tertiary/aromatic N) is 1. The highest BCUT2D eigenvalue weighted by Gasteiger charge is 2.26. The third kappa shape index (κ3) is 4.16. The zero-order chi connectivity index (χ0) is 16.1. The molecule has 1 unspecified atom stereocenters. The summed E-state index contributed by atoms with van der Waals surface area (Å²) in [6.45, 7) is 2.85. The van der Waals surface area contributed by atoms with Gasteiger partial charge in [-0.3, -0.25) is 4.79 Å². The molecule has 2 fully saturated rings. The number of carbonyl (C=O) groups is 1. The summed E-state index contributed by atoms with van der Waals surface area (Å²) in [6, 6.07) is 8.37. The lowest BCUT2D eigenvalue weighted by atomic mass is 10.0. The Hall–Kier alpha value is -1.75. The standard InChI is InChI=1S/C18H27N3O2/c1-23-16-8-4-7-15(12-16)21-11-5-6-14(13-21)20-18(22)17-9-2-3-10-19-17/h4,7-8,12,14,17,19H,2-3,5-6,9-11,13H2,1H3,(H,20,22)/t14?,17-/m1/s1. The third-order valence-electron chi connectivity index (χ3n) is 4.81. The lowest BCUT2D eigenvalue weighted by molar-refractivity contribution is -0.124. The van der Waals surface area contributed by atoms with E-state index in [1.165, 1.54) is 12.1 Å². The molecule has 5 nitrogen and oxygen atoms in total. The van der Waals surface area contributed by atoms with Crippen LogP contribution in [0.4, 0.5) is 5.69 Å². The van der Waals surface area contributed by atoms with Crippen molar-refractivity contribution in [2.75, 3.05) is 31.6 Å². The number of hydrogen-bond acceptors (Lipinski definition) is 4. The molecule has 0 radical (unpaired) electrons.